The highest BCUT2D eigenvalue weighted by Gasteiger charge is 2.28. The fraction of sp³-hybridized carbons (Fsp3) is 0.389. The number of furan rings is 1. The van der Waals surface area contributed by atoms with E-state index in [-0.39, 0.29) is 11.9 Å². The molecule has 4 rings (SSSR count). The summed E-state index contributed by atoms with van der Waals surface area (Å²) in [6.07, 6.45) is 3.89. The third-order valence-electron chi connectivity index (χ3n) is 4.55. The highest BCUT2D eigenvalue weighted by molar-refractivity contribution is 6.06. The zero-order chi connectivity index (χ0) is 16.8. The summed E-state index contributed by atoms with van der Waals surface area (Å²) < 4.78 is 7.13. The van der Waals surface area contributed by atoms with Crippen LogP contribution in [-0.4, -0.2) is 20.7 Å². The molecule has 6 heteroatoms. The van der Waals surface area contributed by atoms with Crippen molar-refractivity contribution in [3.05, 3.63) is 47.2 Å². The van der Waals surface area contributed by atoms with E-state index in [9.17, 15) is 4.79 Å². The van der Waals surface area contributed by atoms with Gasteiger partial charge in [0.1, 0.15) is 5.76 Å². The summed E-state index contributed by atoms with van der Waals surface area (Å²) in [5, 5.41) is 8.28. The second kappa shape index (κ2) is 5.47. The molecule has 1 unspecified atom stereocenters. The first kappa shape index (κ1) is 14.9. The number of carbonyl (C=O) groups is 1. The SMILES string of the molecule is Cc1nn(C)c2nc(C3CC3)cc(C(=O)NC(C)c3ccco3)c12. The number of aromatic nitrogens is 3. The zero-order valence-electron chi connectivity index (χ0n) is 14.0. The minimum absolute atomic E-state index is 0.121. The van der Waals surface area contributed by atoms with Crippen molar-refractivity contribution in [1.82, 2.24) is 20.1 Å². The standard InChI is InChI=1S/C18H20N4O2/c1-10(15-5-4-8-24-15)19-18(23)13-9-14(12-6-7-12)20-17-16(13)11(2)21-22(17)3/h4-5,8-10,12H,6-7H2,1-3H3,(H,19,23). The molecule has 1 atom stereocenters. The Morgan fingerprint density at radius 3 is 2.92 bits per heavy atom. The van der Waals surface area contributed by atoms with Crippen LogP contribution >= 0.6 is 0 Å². The maximum atomic E-state index is 12.9. The minimum atomic E-state index is -0.197. The number of fused-ring (bicyclic) bond motifs is 1. The van der Waals surface area contributed by atoms with Crippen molar-refractivity contribution in [2.45, 2.75) is 38.6 Å². The monoisotopic (exact) mass is 324 g/mol. The fourth-order valence-corrected chi connectivity index (χ4v) is 3.11. The summed E-state index contributed by atoms with van der Waals surface area (Å²) in [5.41, 5.74) is 3.22. The molecule has 0 spiro atoms. The summed E-state index contributed by atoms with van der Waals surface area (Å²) >= 11 is 0. The van der Waals surface area contributed by atoms with Crippen LogP contribution in [0.25, 0.3) is 11.0 Å². The van der Waals surface area contributed by atoms with Crippen molar-refractivity contribution < 1.29 is 9.21 Å². The van der Waals surface area contributed by atoms with Crippen LogP contribution in [0.5, 0.6) is 0 Å². The molecule has 6 nitrogen and oxygen atoms in total. The molecule has 24 heavy (non-hydrogen) atoms. The average molecular weight is 324 g/mol. The maximum Gasteiger partial charge on any atom is 0.252 e. The van der Waals surface area contributed by atoms with Gasteiger partial charge in [-0.25, -0.2) is 4.98 Å². The lowest BCUT2D eigenvalue weighted by molar-refractivity contribution is 0.0937. The van der Waals surface area contributed by atoms with Crippen molar-refractivity contribution in [1.29, 1.82) is 0 Å². The third kappa shape index (κ3) is 2.48. The molecule has 1 amide bonds. The van der Waals surface area contributed by atoms with Crippen LogP contribution in [0.15, 0.2) is 28.9 Å². The molecule has 1 N–H and O–H groups in total. The normalized spacial score (nSPS) is 15.6. The molecule has 1 fully saturated rings. The number of pyridine rings is 1. The van der Waals surface area contributed by atoms with Gasteiger partial charge in [0.25, 0.3) is 5.91 Å². The van der Waals surface area contributed by atoms with Gasteiger partial charge in [-0.3, -0.25) is 9.48 Å². The van der Waals surface area contributed by atoms with Gasteiger partial charge in [-0.2, -0.15) is 5.10 Å². The lowest BCUT2D eigenvalue weighted by atomic mass is 10.1. The van der Waals surface area contributed by atoms with E-state index in [2.05, 4.69) is 10.4 Å². The Hall–Kier alpha value is -2.63. The van der Waals surface area contributed by atoms with Gasteiger partial charge in [0.05, 0.1) is 28.9 Å². The Balaban J connectivity index is 1.75. The summed E-state index contributed by atoms with van der Waals surface area (Å²) in [6, 6.07) is 5.41. The summed E-state index contributed by atoms with van der Waals surface area (Å²) in [5.74, 6) is 1.09. The van der Waals surface area contributed by atoms with Gasteiger partial charge in [0.2, 0.25) is 0 Å². The molecule has 0 bridgehead atoms. The van der Waals surface area contributed by atoms with Crippen molar-refractivity contribution in [3.8, 4) is 0 Å². The number of amides is 1. The van der Waals surface area contributed by atoms with Crippen LogP contribution in [0.4, 0.5) is 0 Å². The smallest absolute Gasteiger partial charge is 0.252 e. The predicted molar refractivity (Wildman–Crippen MR) is 89.8 cm³/mol. The predicted octanol–water partition coefficient (Wildman–Crippen LogP) is 3.24. The second-order valence-electron chi connectivity index (χ2n) is 6.49. The maximum absolute atomic E-state index is 12.9. The quantitative estimate of drug-likeness (QED) is 0.799. The van der Waals surface area contributed by atoms with E-state index >= 15 is 0 Å². The van der Waals surface area contributed by atoms with Crippen molar-refractivity contribution >= 4 is 16.9 Å². The van der Waals surface area contributed by atoms with Gasteiger partial charge in [-0.05, 0) is 44.9 Å². The molecule has 1 saturated carbocycles. The van der Waals surface area contributed by atoms with Crippen LogP contribution in [0.2, 0.25) is 0 Å². The topological polar surface area (TPSA) is 73.0 Å². The first-order chi connectivity index (χ1) is 11.5. The van der Waals surface area contributed by atoms with Crippen LogP contribution in [0, 0.1) is 6.92 Å². The second-order valence-corrected chi connectivity index (χ2v) is 6.49. The van der Waals surface area contributed by atoms with E-state index in [1.165, 1.54) is 0 Å². The van der Waals surface area contributed by atoms with Crippen molar-refractivity contribution in [2.24, 2.45) is 7.05 Å². The Kier molecular flexibility index (Phi) is 3.40. The van der Waals surface area contributed by atoms with Crippen LogP contribution in [0.3, 0.4) is 0 Å². The molecule has 1 aliphatic rings. The van der Waals surface area contributed by atoms with Gasteiger partial charge in [-0.15, -0.1) is 0 Å². The van der Waals surface area contributed by atoms with Crippen LogP contribution in [-0.2, 0) is 7.05 Å². The molecule has 3 aromatic heterocycles. The van der Waals surface area contributed by atoms with Gasteiger partial charge in [0.15, 0.2) is 5.65 Å². The van der Waals surface area contributed by atoms with Gasteiger partial charge >= 0.3 is 0 Å². The lowest BCUT2D eigenvalue weighted by Gasteiger charge is -2.13. The van der Waals surface area contributed by atoms with E-state index in [1.54, 1.807) is 10.9 Å². The van der Waals surface area contributed by atoms with Crippen LogP contribution in [0.1, 0.15) is 59.2 Å². The van der Waals surface area contributed by atoms with Crippen LogP contribution < -0.4 is 5.32 Å². The summed E-state index contributed by atoms with van der Waals surface area (Å²) in [6.45, 7) is 3.82. The fourth-order valence-electron chi connectivity index (χ4n) is 3.11. The Morgan fingerprint density at radius 1 is 1.46 bits per heavy atom. The van der Waals surface area contributed by atoms with E-state index in [0.717, 1.165) is 41.0 Å². The number of carbonyl (C=O) groups excluding carboxylic acids is 1. The zero-order valence-corrected chi connectivity index (χ0v) is 14.0. The average Bonchev–Trinajstić information content (AvgIpc) is 3.18. The van der Waals surface area contributed by atoms with E-state index in [4.69, 9.17) is 9.40 Å². The molecule has 3 aromatic rings. The Labute approximate surface area is 139 Å². The van der Waals surface area contributed by atoms with E-state index < -0.39 is 0 Å². The van der Waals surface area contributed by atoms with Gasteiger partial charge < -0.3 is 9.73 Å². The Bertz CT molecular complexity index is 907. The highest BCUT2D eigenvalue weighted by Crippen LogP contribution is 2.40. The van der Waals surface area contributed by atoms with E-state index in [1.807, 2.05) is 39.1 Å². The molecule has 124 valence electrons. The Morgan fingerprint density at radius 2 is 2.25 bits per heavy atom. The number of aryl methyl sites for hydroxylation is 2. The molecular weight excluding hydrogens is 304 g/mol. The number of hydrogen-bond acceptors (Lipinski definition) is 4. The number of nitrogens with zero attached hydrogens (tertiary/aromatic N) is 3. The largest absolute Gasteiger partial charge is 0.467 e. The molecule has 0 aliphatic heterocycles. The third-order valence-corrected chi connectivity index (χ3v) is 4.55. The highest BCUT2D eigenvalue weighted by atomic mass is 16.3. The molecule has 0 radical (unpaired) electrons. The first-order valence-electron chi connectivity index (χ1n) is 8.23. The van der Waals surface area contributed by atoms with Crippen molar-refractivity contribution in [2.75, 3.05) is 0 Å². The van der Waals surface area contributed by atoms with Gasteiger partial charge in [-0.1, -0.05) is 0 Å². The van der Waals surface area contributed by atoms with Crippen molar-refractivity contribution in [3.63, 3.8) is 0 Å². The number of nitrogens with one attached hydrogen (secondary N) is 1. The number of rotatable bonds is 4. The minimum Gasteiger partial charge on any atom is -0.467 e. The molecular formula is C18H20N4O2. The number of hydrogen-bond donors (Lipinski definition) is 1. The summed E-state index contributed by atoms with van der Waals surface area (Å²) in [7, 11) is 1.87. The summed E-state index contributed by atoms with van der Waals surface area (Å²) in [4.78, 5) is 17.6. The van der Waals surface area contributed by atoms with Gasteiger partial charge in [0, 0.05) is 18.7 Å². The molecule has 1 aliphatic carbocycles. The van der Waals surface area contributed by atoms with E-state index in [0.29, 0.717) is 11.5 Å². The lowest BCUT2D eigenvalue weighted by Crippen LogP contribution is -2.27. The molecule has 0 aromatic carbocycles. The molecule has 0 saturated heterocycles. The molecule has 3 heterocycles. The first-order valence-corrected chi connectivity index (χ1v) is 8.23.